The molecule has 2 heteroatoms. The third kappa shape index (κ3) is 4.67. The molecule has 0 aliphatic heterocycles. The topological polar surface area (TPSA) is 24.7 Å². The molecule has 0 atom stereocenters. The van der Waals surface area contributed by atoms with E-state index in [-0.39, 0.29) is 0 Å². The van der Waals surface area contributed by atoms with Gasteiger partial charge in [-0.25, -0.2) is 0 Å². The Morgan fingerprint density at radius 1 is 0.762 bits per heavy atom. The van der Waals surface area contributed by atoms with Crippen LogP contribution in [0.2, 0.25) is 0 Å². The molecule has 0 heterocycles. The molecule has 0 bridgehead atoms. The highest BCUT2D eigenvalue weighted by Crippen LogP contribution is 2.23. The number of nitrogens with zero attached hydrogens (tertiary/aromatic N) is 2. The van der Waals surface area contributed by atoms with Crippen molar-refractivity contribution in [1.29, 1.82) is 0 Å². The fourth-order valence-corrected chi connectivity index (χ4v) is 2.18. The van der Waals surface area contributed by atoms with E-state index >= 15 is 0 Å². The number of para-hydroxylation sites is 1. The first kappa shape index (κ1) is 15.2. The van der Waals surface area contributed by atoms with Crippen LogP contribution in [0, 0.1) is 0 Å². The maximum Gasteiger partial charge on any atom is 0.0664 e. The molecule has 0 unspecified atom stereocenters. The second-order valence-corrected chi connectivity index (χ2v) is 5.59. The van der Waals surface area contributed by atoms with Crippen molar-refractivity contribution in [3.8, 4) is 0 Å². The molecule has 0 fully saturated rings. The molecule has 0 aliphatic carbocycles. The van der Waals surface area contributed by atoms with E-state index in [0.717, 1.165) is 29.2 Å². The Kier molecular flexibility index (Phi) is 5.04. The Bertz CT molecular complexity index is 656. The molecule has 21 heavy (non-hydrogen) atoms. The summed E-state index contributed by atoms with van der Waals surface area (Å²) in [6.45, 7) is 8.07. The zero-order valence-electron chi connectivity index (χ0n) is 13.2. The van der Waals surface area contributed by atoms with Crippen molar-refractivity contribution in [3.05, 3.63) is 59.7 Å². The van der Waals surface area contributed by atoms with Crippen LogP contribution in [0.3, 0.4) is 0 Å². The molecule has 0 radical (unpaired) electrons. The van der Waals surface area contributed by atoms with Gasteiger partial charge in [0.1, 0.15) is 0 Å². The van der Waals surface area contributed by atoms with Crippen molar-refractivity contribution in [3.63, 3.8) is 0 Å². The molecule has 0 amide bonds. The highest BCUT2D eigenvalue weighted by molar-refractivity contribution is 5.82. The first-order valence-corrected chi connectivity index (χ1v) is 7.25. The van der Waals surface area contributed by atoms with E-state index in [4.69, 9.17) is 0 Å². The van der Waals surface area contributed by atoms with E-state index in [0.29, 0.717) is 0 Å². The largest absolute Gasteiger partial charge is 0.258 e. The number of hydrogen-bond donors (Lipinski definition) is 0. The Morgan fingerprint density at radius 2 is 1.38 bits per heavy atom. The summed E-state index contributed by atoms with van der Waals surface area (Å²) >= 11 is 0. The highest BCUT2D eigenvalue weighted by Gasteiger charge is 2.02. The van der Waals surface area contributed by atoms with Crippen LogP contribution in [0.1, 0.15) is 38.8 Å². The minimum atomic E-state index is 0.891. The van der Waals surface area contributed by atoms with Crippen LogP contribution in [0.25, 0.3) is 0 Å². The zero-order valence-corrected chi connectivity index (χ0v) is 13.2. The second-order valence-electron chi connectivity index (χ2n) is 5.59. The van der Waals surface area contributed by atoms with Gasteiger partial charge in [0, 0.05) is 11.4 Å². The van der Waals surface area contributed by atoms with Crippen molar-refractivity contribution in [2.24, 2.45) is 9.98 Å². The third-order valence-corrected chi connectivity index (χ3v) is 3.02. The first-order valence-electron chi connectivity index (χ1n) is 7.25. The van der Waals surface area contributed by atoms with E-state index in [1.54, 1.807) is 0 Å². The summed E-state index contributed by atoms with van der Waals surface area (Å²) in [6.07, 6.45) is 0.891. The van der Waals surface area contributed by atoms with Gasteiger partial charge in [-0.15, -0.1) is 0 Å². The molecule has 0 saturated carbocycles. The lowest BCUT2D eigenvalue weighted by Crippen LogP contribution is -1.90. The van der Waals surface area contributed by atoms with Gasteiger partial charge in [0.25, 0.3) is 0 Å². The second kappa shape index (κ2) is 6.98. The van der Waals surface area contributed by atoms with Gasteiger partial charge in [-0.2, -0.15) is 0 Å². The average molecular weight is 278 g/mol. The van der Waals surface area contributed by atoms with E-state index in [1.807, 2.05) is 33.8 Å². The van der Waals surface area contributed by atoms with Crippen molar-refractivity contribution >= 4 is 22.8 Å². The van der Waals surface area contributed by atoms with Crippen LogP contribution in [0.4, 0.5) is 11.4 Å². The van der Waals surface area contributed by atoms with Gasteiger partial charge in [-0.05, 0) is 63.4 Å². The van der Waals surface area contributed by atoms with Crippen molar-refractivity contribution in [2.75, 3.05) is 0 Å². The van der Waals surface area contributed by atoms with Crippen LogP contribution in [-0.2, 0) is 6.42 Å². The highest BCUT2D eigenvalue weighted by atomic mass is 14.7. The van der Waals surface area contributed by atoms with Gasteiger partial charge >= 0.3 is 0 Å². The summed E-state index contributed by atoms with van der Waals surface area (Å²) in [5.74, 6) is 0. The molecule has 2 aromatic carbocycles. The molecule has 2 aromatic rings. The summed E-state index contributed by atoms with van der Waals surface area (Å²) in [5.41, 5.74) is 6.74. The Hall–Kier alpha value is -2.22. The van der Waals surface area contributed by atoms with Gasteiger partial charge < -0.3 is 0 Å². The fraction of sp³-hybridized carbons (Fsp3) is 0.263. The Balaban J connectivity index is 2.23. The molecular weight excluding hydrogens is 256 g/mol. The summed E-state index contributed by atoms with van der Waals surface area (Å²) in [5, 5.41) is 0. The van der Waals surface area contributed by atoms with Crippen molar-refractivity contribution in [2.45, 2.75) is 34.1 Å². The van der Waals surface area contributed by atoms with Crippen molar-refractivity contribution in [1.82, 2.24) is 0 Å². The number of aliphatic imine (C=N–C) groups is 2. The smallest absolute Gasteiger partial charge is 0.0664 e. The van der Waals surface area contributed by atoms with E-state index < -0.39 is 0 Å². The molecule has 0 N–H and O–H groups in total. The minimum absolute atomic E-state index is 0.891. The fourth-order valence-electron chi connectivity index (χ4n) is 2.18. The molecule has 0 aliphatic rings. The Morgan fingerprint density at radius 3 is 2.00 bits per heavy atom. The van der Waals surface area contributed by atoms with Gasteiger partial charge in [0.15, 0.2) is 0 Å². The quantitative estimate of drug-likeness (QED) is 0.659. The van der Waals surface area contributed by atoms with Gasteiger partial charge in [0.05, 0.1) is 11.4 Å². The predicted molar refractivity (Wildman–Crippen MR) is 92.6 cm³/mol. The predicted octanol–water partition coefficient (Wildman–Crippen LogP) is 5.50. The molecule has 2 nitrogen and oxygen atoms in total. The molecule has 2 rings (SSSR count). The van der Waals surface area contributed by atoms with Gasteiger partial charge in [-0.1, -0.05) is 30.3 Å². The summed E-state index contributed by atoms with van der Waals surface area (Å²) < 4.78 is 0. The maximum absolute atomic E-state index is 4.61. The van der Waals surface area contributed by atoms with Crippen LogP contribution in [0.5, 0.6) is 0 Å². The lowest BCUT2D eigenvalue weighted by molar-refractivity contribution is 1.18. The molecule has 0 spiro atoms. The minimum Gasteiger partial charge on any atom is -0.258 e. The first-order chi connectivity index (χ1) is 10.0. The maximum atomic E-state index is 4.61. The zero-order chi connectivity index (χ0) is 15.2. The number of rotatable bonds is 4. The number of benzene rings is 2. The van der Waals surface area contributed by atoms with Crippen LogP contribution in [0.15, 0.2) is 58.5 Å². The van der Waals surface area contributed by atoms with E-state index in [9.17, 15) is 0 Å². The molecule has 108 valence electrons. The van der Waals surface area contributed by atoms with Crippen LogP contribution in [-0.4, -0.2) is 11.4 Å². The molecule has 0 saturated heterocycles. The monoisotopic (exact) mass is 278 g/mol. The van der Waals surface area contributed by atoms with Gasteiger partial charge in [0.2, 0.25) is 0 Å². The van der Waals surface area contributed by atoms with E-state index in [2.05, 4.69) is 52.4 Å². The Labute approximate surface area is 127 Å². The molecular formula is C19H22N2. The van der Waals surface area contributed by atoms with E-state index in [1.165, 1.54) is 11.1 Å². The third-order valence-electron chi connectivity index (χ3n) is 3.02. The lowest BCUT2D eigenvalue weighted by atomic mass is 10.0. The van der Waals surface area contributed by atoms with Crippen LogP contribution < -0.4 is 0 Å². The SMILES string of the molecule is CC(C)=Nc1ccc(Cc2ccccc2N=C(C)C)cc1. The standard InChI is InChI=1S/C19H22N2/c1-14(2)20-18-11-9-16(10-12-18)13-17-7-5-6-8-19(17)21-15(3)4/h5-12H,13H2,1-4H3. The molecule has 0 aromatic heterocycles. The van der Waals surface area contributed by atoms with Crippen molar-refractivity contribution < 1.29 is 0 Å². The normalized spacial score (nSPS) is 10.1. The summed E-state index contributed by atoms with van der Waals surface area (Å²) in [7, 11) is 0. The van der Waals surface area contributed by atoms with Crippen LogP contribution >= 0.6 is 0 Å². The number of hydrogen-bond acceptors (Lipinski definition) is 2. The summed E-state index contributed by atoms with van der Waals surface area (Å²) in [6, 6.07) is 16.7. The lowest BCUT2D eigenvalue weighted by Gasteiger charge is -2.07. The van der Waals surface area contributed by atoms with Gasteiger partial charge in [-0.3, -0.25) is 9.98 Å². The summed E-state index contributed by atoms with van der Waals surface area (Å²) in [4.78, 5) is 9.07. The average Bonchev–Trinajstić information content (AvgIpc) is 2.42.